The van der Waals surface area contributed by atoms with Gasteiger partial charge in [0.15, 0.2) is 0 Å². The van der Waals surface area contributed by atoms with Crippen LogP contribution in [-0.4, -0.2) is 17.7 Å². The fourth-order valence-corrected chi connectivity index (χ4v) is 3.49. The second kappa shape index (κ2) is 8.06. The molecule has 24 heavy (non-hydrogen) atoms. The lowest BCUT2D eigenvalue weighted by atomic mass is 10.1. The molecule has 0 bridgehead atoms. The van der Waals surface area contributed by atoms with Gasteiger partial charge in [-0.2, -0.15) is 0 Å². The van der Waals surface area contributed by atoms with E-state index in [0.29, 0.717) is 12.8 Å². The first-order valence-electron chi connectivity index (χ1n) is 8.15. The minimum Gasteiger partial charge on any atom is -0.461 e. The lowest BCUT2D eigenvalue weighted by molar-refractivity contribution is -0.121. The summed E-state index contributed by atoms with van der Waals surface area (Å²) in [5.74, 6) is 1.78. The zero-order valence-electron chi connectivity index (χ0n) is 13.7. The van der Waals surface area contributed by atoms with Crippen LogP contribution in [0.25, 0.3) is 11.0 Å². The largest absolute Gasteiger partial charge is 0.461 e. The maximum Gasteiger partial charge on any atom is 0.221 e. The van der Waals surface area contributed by atoms with Crippen LogP contribution >= 0.6 is 11.8 Å². The number of hydrogen-bond donors (Lipinski definition) is 1. The standard InChI is InChI=1S/C20H21NO2S/c1-15(13-17-14-16-7-5-6-10-19(16)23-17)21-20(22)11-12-24-18-8-3-2-4-9-18/h2-10,14-15H,11-13H2,1H3,(H,21,22)/t15-/m0/s1. The first-order chi connectivity index (χ1) is 11.7. The fourth-order valence-electron chi connectivity index (χ4n) is 2.62. The number of rotatable bonds is 7. The van der Waals surface area contributed by atoms with Crippen molar-refractivity contribution in [1.82, 2.24) is 5.32 Å². The molecule has 1 N–H and O–H groups in total. The zero-order valence-corrected chi connectivity index (χ0v) is 14.5. The van der Waals surface area contributed by atoms with Gasteiger partial charge in [0, 0.05) is 34.9 Å². The summed E-state index contributed by atoms with van der Waals surface area (Å²) in [5, 5.41) is 4.15. The quantitative estimate of drug-likeness (QED) is 0.637. The lowest BCUT2D eigenvalue weighted by Crippen LogP contribution is -2.34. The Kier molecular flexibility index (Phi) is 5.59. The molecule has 124 valence electrons. The average Bonchev–Trinajstić information content (AvgIpc) is 2.97. The molecule has 0 radical (unpaired) electrons. The van der Waals surface area contributed by atoms with E-state index < -0.39 is 0 Å². The van der Waals surface area contributed by atoms with Gasteiger partial charge in [0.05, 0.1) is 0 Å². The molecule has 2 aromatic carbocycles. The van der Waals surface area contributed by atoms with Gasteiger partial charge in [0.2, 0.25) is 5.91 Å². The topological polar surface area (TPSA) is 42.2 Å². The average molecular weight is 339 g/mol. The van der Waals surface area contributed by atoms with E-state index in [4.69, 9.17) is 4.42 Å². The summed E-state index contributed by atoms with van der Waals surface area (Å²) >= 11 is 1.70. The first-order valence-corrected chi connectivity index (χ1v) is 9.14. The van der Waals surface area contributed by atoms with Gasteiger partial charge < -0.3 is 9.73 Å². The molecule has 0 aliphatic carbocycles. The highest BCUT2D eigenvalue weighted by Crippen LogP contribution is 2.20. The molecule has 1 amide bonds. The Morgan fingerprint density at radius 2 is 1.88 bits per heavy atom. The van der Waals surface area contributed by atoms with E-state index in [0.717, 1.165) is 22.5 Å². The minimum atomic E-state index is 0.0554. The highest BCUT2D eigenvalue weighted by atomic mass is 32.2. The number of furan rings is 1. The van der Waals surface area contributed by atoms with Gasteiger partial charge in [-0.3, -0.25) is 4.79 Å². The molecule has 0 spiro atoms. The normalized spacial score (nSPS) is 12.2. The Balaban J connectivity index is 1.44. The number of carbonyl (C=O) groups excluding carboxylic acids is 1. The smallest absolute Gasteiger partial charge is 0.221 e. The van der Waals surface area contributed by atoms with Crippen molar-refractivity contribution < 1.29 is 9.21 Å². The Bertz CT molecular complexity index is 765. The summed E-state index contributed by atoms with van der Waals surface area (Å²) in [6.07, 6.45) is 1.22. The number of fused-ring (bicyclic) bond motifs is 1. The summed E-state index contributed by atoms with van der Waals surface area (Å²) in [4.78, 5) is 13.2. The van der Waals surface area contributed by atoms with E-state index in [-0.39, 0.29) is 11.9 Å². The van der Waals surface area contributed by atoms with Crippen LogP contribution in [0.15, 0.2) is 70.0 Å². The van der Waals surface area contributed by atoms with Crippen LogP contribution < -0.4 is 5.32 Å². The van der Waals surface area contributed by atoms with Crippen molar-refractivity contribution in [2.24, 2.45) is 0 Å². The summed E-state index contributed by atoms with van der Waals surface area (Å²) < 4.78 is 5.80. The van der Waals surface area contributed by atoms with E-state index in [2.05, 4.69) is 17.4 Å². The van der Waals surface area contributed by atoms with Crippen molar-refractivity contribution in [2.45, 2.75) is 30.7 Å². The molecule has 3 rings (SSSR count). The minimum absolute atomic E-state index is 0.0554. The molecule has 0 fully saturated rings. The molecule has 1 heterocycles. The summed E-state index contributed by atoms with van der Waals surface area (Å²) in [5.41, 5.74) is 0.894. The predicted octanol–water partition coefficient (Wildman–Crippen LogP) is 4.66. The Morgan fingerprint density at radius 3 is 2.67 bits per heavy atom. The number of thioether (sulfide) groups is 1. The molecular formula is C20H21NO2S. The second-order valence-corrected chi connectivity index (χ2v) is 7.00. The number of hydrogen-bond acceptors (Lipinski definition) is 3. The third-order valence-corrected chi connectivity index (χ3v) is 4.75. The van der Waals surface area contributed by atoms with Crippen molar-refractivity contribution >= 4 is 28.6 Å². The van der Waals surface area contributed by atoms with Crippen molar-refractivity contribution in [1.29, 1.82) is 0 Å². The summed E-state index contributed by atoms with van der Waals surface area (Å²) in [7, 11) is 0. The van der Waals surface area contributed by atoms with Crippen LogP contribution in [-0.2, 0) is 11.2 Å². The molecule has 0 unspecified atom stereocenters. The number of carbonyl (C=O) groups is 1. The third-order valence-electron chi connectivity index (χ3n) is 3.73. The van der Waals surface area contributed by atoms with E-state index in [1.165, 1.54) is 4.90 Å². The summed E-state index contributed by atoms with van der Waals surface area (Å²) in [6, 6.07) is 20.2. The third kappa shape index (κ3) is 4.65. The molecular weight excluding hydrogens is 318 g/mol. The predicted molar refractivity (Wildman–Crippen MR) is 99.3 cm³/mol. The van der Waals surface area contributed by atoms with Gasteiger partial charge >= 0.3 is 0 Å². The van der Waals surface area contributed by atoms with Crippen LogP contribution in [0.3, 0.4) is 0 Å². The van der Waals surface area contributed by atoms with E-state index >= 15 is 0 Å². The molecule has 3 nitrogen and oxygen atoms in total. The zero-order chi connectivity index (χ0) is 16.8. The SMILES string of the molecule is C[C@@H](Cc1cc2ccccc2o1)NC(=O)CCSc1ccccc1. The highest BCUT2D eigenvalue weighted by Gasteiger charge is 2.11. The molecule has 4 heteroatoms. The van der Waals surface area contributed by atoms with Gasteiger partial charge in [-0.25, -0.2) is 0 Å². The van der Waals surface area contributed by atoms with Crippen LogP contribution in [0.1, 0.15) is 19.1 Å². The van der Waals surface area contributed by atoms with Crippen LogP contribution in [0, 0.1) is 0 Å². The van der Waals surface area contributed by atoms with Gasteiger partial charge in [-0.1, -0.05) is 36.4 Å². The number of para-hydroxylation sites is 1. The van der Waals surface area contributed by atoms with Crippen molar-refractivity contribution in [3.8, 4) is 0 Å². The van der Waals surface area contributed by atoms with Crippen LogP contribution in [0.5, 0.6) is 0 Å². The second-order valence-electron chi connectivity index (χ2n) is 5.83. The summed E-state index contributed by atoms with van der Waals surface area (Å²) in [6.45, 7) is 2.01. The van der Waals surface area contributed by atoms with E-state index in [1.807, 2.05) is 55.5 Å². The first kappa shape index (κ1) is 16.7. The molecule has 1 atom stereocenters. The van der Waals surface area contributed by atoms with Gasteiger partial charge in [0.25, 0.3) is 0 Å². The fraction of sp³-hybridized carbons (Fsp3) is 0.250. The van der Waals surface area contributed by atoms with E-state index in [1.54, 1.807) is 11.8 Å². The number of benzene rings is 2. The molecule has 0 aliphatic rings. The number of nitrogens with one attached hydrogen (secondary N) is 1. The lowest BCUT2D eigenvalue weighted by Gasteiger charge is -2.12. The maximum absolute atomic E-state index is 12.1. The Labute approximate surface area is 146 Å². The van der Waals surface area contributed by atoms with Gasteiger partial charge in [-0.05, 0) is 31.2 Å². The maximum atomic E-state index is 12.1. The van der Waals surface area contributed by atoms with Gasteiger partial charge in [-0.15, -0.1) is 11.8 Å². The van der Waals surface area contributed by atoms with Crippen molar-refractivity contribution in [2.75, 3.05) is 5.75 Å². The monoisotopic (exact) mass is 339 g/mol. The molecule has 0 saturated heterocycles. The van der Waals surface area contributed by atoms with Crippen LogP contribution in [0.2, 0.25) is 0 Å². The molecule has 0 saturated carbocycles. The molecule has 3 aromatic rings. The Hall–Kier alpha value is -2.20. The molecule has 1 aromatic heterocycles. The van der Waals surface area contributed by atoms with Gasteiger partial charge in [0.1, 0.15) is 11.3 Å². The Morgan fingerprint density at radius 1 is 1.12 bits per heavy atom. The number of amides is 1. The van der Waals surface area contributed by atoms with Crippen LogP contribution in [0.4, 0.5) is 0 Å². The highest BCUT2D eigenvalue weighted by molar-refractivity contribution is 7.99. The molecule has 0 aliphatic heterocycles. The van der Waals surface area contributed by atoms with E-state index in [9.17, 15) is 4.79 Å². The van der Waals surface area contributed by atoms with Crippen molar-refractivity contribution in [3.63, 3.8) is 0 Å². The van der Waals surface area contributed by atoms with Crippen molar-refractivity contribution in [3.05, 3.63) is 66.4 Å².